The summed E-state index contributed by atoms with van der Waals surface area (Å²) in [6.45, 7) is 6.68. The molecule has 0 saturated carbocycles. The number of methoxy groups -OCH3 is 1. The number of hydrogen-bond acceptors (Lipinski definition) is 4. The minimum Gasteiger partial charge on any atom is -0.496 e. The Morgan fingerprint density at radius 1 is 1.32 bits per heavy atom. The highest BCUT2D eigenvalue weighted by Crippen LogP contribution is 2.24. The third-order valence-corrected chi connectivity index (χ3v) is 3.21. The Hall–Kier alpha value is -2.04. The summed E-state index contributed by atoms with van der Waals surface area (Å²) in [5, 5.41) is 7.66. The monoisotopic (exact) mass is 260 g/mol. The Morgan fingerprint density at radius 2 is 2.05 bits per heavy atom. The molecule has 0 aliphatic carbocycles. The molecule has 0 saturated heterocycles. The normalized spacial score (nSPS) is 10.6. The van der Waals surface area contributed by atoms with Gasteiger partial charge in [0.2, 0.25) is 0 Å². The van der Waals surface area contributed by atoms with Crippen LogP contribution in [0, 0.1) is 20.8 Å². The van der Waals surface area contributed by atoms with Gasteiger partial charge in [0.05, 0.1) is 30.7 Å². The molecule has 102 valence electrons. The number of rotatable bonds is 4. The van der Waals surface area contributed by atoms with E-state index in [9.17, 15) is 0 Å². The molecule has 5 nitrogen and oxygen atoms in total. The summed E-state index contributed by atoms with van der Waals surface area (Å²) in [6, 6.07) is 0. The molecule has 1 N–H and O–H groups in total. The highest BCUT2D eigenvalue weighted by molar-refractivity contribution is 5.47. The highest BCUT2D eigenvalue weighted by Gasteiger charge is 2.10. The predicted octanol–water partition coefficient (Wildman–Crippen LogP) is 2.36. The lowest BCUT2D eigenvalue weighted by Crippen LogP contribution is -2.06. The number of pyridine rings is 1. The van der Waals surface area contributed by atoms with Crippen LogP contribution in [-0.4, -0.2) is 21.9 Å². The number of aromatic nitrogens is 3. The van der Waals surface area contributed by atoms with Crippen LogP contribution in [0.15, 0.2) is 12.4 Å². The number of nitrogens with one attached hydrogen (secondary N) is 1. The fourth-order valence-electron chi connectivity index (χ4n) is 2.20. The minimum atomic E-state index is 0.662. The third-order valence-electron chi connectivity index (χ3n) is 3.21. The second-order valence-electron chi connectivity index (χ2n) is 4.70. The average molecular weight is 260 g/mol. The van der Waals surface area contributed by atoms with E-state index in [-0.39, 0.29) is 0 Å². The molecule has 2 aromatic heterocycles. The maximum atomic E-state index is 5.41. The van der Waals surface area contributed by atoms with Crippen molar-refractivity contribution in [1.82, 2.24) is 14.8 Å². The predicted molar refractivity (Wildman–Crippen MR) is 75.5 cm³/mol. The van der Waals surface area contributed by atoms with Crippen molar-refractivity contribution in [3.63, 3.8) is 0 Å². The van der Waals surface area contributed by atoms with Gasteiger partial charge in [0.15, 0.2) is 0 Å². The van der Waals surface area contributed by atoms with Crippen LogP contribution in [0.2, 0.25) is 0 Å². The van der Waals surface area contributed by atoms with Gasteiger partial charge in [-0.1, -0.05) is 0 Å². The lowest BCUT2D eigenvalue weighted by molar-refractivity contribution is 0.407. The summed E-state index contributed by atoms with van der Waals surface area (Å²) in [5.74, 6) is 0.912. The van der Waals surface area contributed by atoms with Crippen molar-refractivity contribution < 1.29 is 4.74 Å². The van der Waals surface area contributed by atoms with Gasteiger partial charge in [-0.2, -0.15) is 5.10 Å². The van der Waals surface area contributed by atoms with Crippen LogP contribution in [0.1, 0.15) is 22.5 Å². The molecular formula is C14H20N4O. The Kier molecular flexibility index (Phi) is 3.74. The van der Waals surface area contributed by atoms with Gasteiger partial charge in [0, 0.05) is 30.6 Å². The van der Waals surface area contributed by atoms with E-state index >= 15 is 0 Å². The van der Waals surface area contributed by atoms with Crippen molar-refractivity contribution in [2.45, 2.75) is 27.3 Å². The molecule has 0 amide bonds. The molecule has 19 heavy (non-hydrogen) atoms. The number of anilines is 1. The van der Waals surface area contributed by atoms with Crippen molar-refractivity contribution in [1.29, 1.82) is 0 Å². The Morgan fingerprint density at radius 3 is 2.63 bits per heavy atom. The van der Waals surface area contributed by atoms with Gasteiger partial charge in [-0.05, 0) is 20.8 Å². The van der Waals surface area contributed by atoms with E-state index in [2.05, 4.69) is 15.4 Å². The van der Waals surface area contributed by atoms with Gasteiger partial charge in [0.25, 0.3) is 0 Å². The van der Waals surface area contributed by atoms with Gasteiger partial charge in [-0.15, -0.1) is 0 Å². The van der Waals surface area contributed by atoms with E-state index < -0.39 is 0 Å². The second-order valence-corrected chi connectivity index (χ2v) is 4.70. The number of nitrogens with zero attached hydrogens (tertiary/aromatic N) is 3. The molecule has 0 unspecified atom stereocenters. The lowest BCUT2D eigenvalue weighted by atomic mass is 10.1. The third kappa shape index (κ3) is 2.70. The zero-order valence-corrected chi connectivity index (χ0v) is 12.1. The molecule has 0 bridgehead atoms. The summed E-state index contributed by atoms with van der Waals surface area (Å²) >= 11 is 0. The Labute approximate surface area is 113 Å². The first kappa shape index (κ1) is 13.4. The second kappa shape index (κ2) is 5.30. The molecular weight excluding hydrogens is 240 g/mol. The molecule has 2 rings (SSSR count). The van der Waals surface area contributed by atoms with E-state index in [0.29, 0.717) is 6.54 Å². The van der Waals surface area contributed by atoms with E-state index in [4.69, 9.17) is 4.74 Å². The summed E-state index contributed by atoms with van der Waals surface area (Å²) in [4.78, 5) is 4.47. The Bertz CT molecular complexity index is 589. The molecule has 0 aromatic carbocycles. The van der Waals surface area contributed by atoms with Gasteiger partial charge >= 0.3 is 0 Å². The molecule has 0 spiro atoms. The first-order chi connectivity index (χ1) is 9.02. The van der Waals surface area contributed by atoms with Crippen molar-refractivity contribution in [3.05, 3.63) is 34.9 Å². The summed E-state index contributed by atoms with van der Waals surface area (Å²) < 4.78 is 7.21. The zero-order valence-electron chi connectivity index (χ0n) is 12.1. The molecule has 2 aromatic rings. The minimum absolute atomic E-state index is 0.662. The molecule has 0 radical (unpaired) electrons. The highest BCUT2D eigenvalue weighted by atomic mass is 16.5. The smallest absolute Gasteiger partial charge is 0.128 e. The van der Waals surface area contributed by atoms with Gasteiger partial charge in [-0.3, -0.25) is 9.67 Å². The molecule has 2 heterocycles. The first-order valence-corrected chi connectivity index (χ1v) is 6.26. The summed E-state index contributed by atoms with van der Waals surface area (Å²) in [7, 11) is 3.61. The molecule has 0 aliphatic heterocycles. The maximum Gasteiger partial charge on any atom is 0.128 e. The largest absolute Gasteiger partial charge is 0.496 e. The molecule has 0 fully saturated rings. The number of ether oxygens (including phenoxy) is 1. The molecule has 0 aliphatic rings. The van der Waals surface area contributed by atoms with Crippen LogP contribution in [0.5, 0.6) is 5.75 Å². The van der Waals surface area contributed by atoms with Crippen molar-refractivity contribution >= 4 is 5.69 Å². The SMILES string of the molecule is COc1c(C)cnc(CNc2cn(C)nc2C)c1C. The van der Waals surface area contributed by atoms with E-state index in [0.717, 1.165) is 34.0 Å². The average Bonchev–Trinajstić information content (AvgIpc) is 2.67. The zero-order chi connectivity index (χ0) is 14.0. The summed E-state index contributed by atoms with van der Waals surface area (Å²) in [6.07, 6.45) is 3.81. The van der Waals surface area contributed by atoms with Crippen LogP contribution in [-0.2, 0) is 13.6 Å². The molecule has 5 heteroatoms. The van der Waals surface area contributed by atoms with E-state index in [1.165, 1.54) is 0 Å². The maximum absolute atomic E-state index is 5.41. The van der Waals surface area contributed by atoms with Crippen molar-refractivity contribution in [3.8, 4) is 5.75 Å². The standard InChI is InChI=1S/C14H20N4O/c1-9-6-15-12(10(2)14(9)19-5)7-16-13-8-18(4)17-11(13)3/h6,8,16H,7H2,1-5H3. The Balaban J connectivity index is 2.18. The van der Waals surface area contributed by atoms with Crippen LogP contribution >= 0.6 is 0 Å². The topological polar surface area (TPSA) is 52.0 Å². The van der Waals surface area contributed by atoms with Gasteiger partial charge < -0.3 is 10.1 Å². The van der Waals surface area contributed by atoms with Crippen molar-refractivity contribution in [2.75, 3.05) is 12.4 Å². The number of hydrogen-bond donors (Lipinski definition) is 1. The van der Waals surface area contributed by atoms with Crippen LogP contribution in [0.25, 0.3) is 0 Å². The van der Waals surface area contributed by atoms with Crippen molar-refractivity contribution in [2.24, 2.45) is 7.05 Å². The van der Waals surface area contributed by atoms with Gasteiger partial charge in [-0.25, -0.2) is 0 Å². The fourth-order valence-corrected chi connectivity index (χ4v) is 2.20. The van der Waals surface area contributed by atoms with E-state index in [1.807, 2.05) is 40.2 Å². The van der Waals surface area contributed by atoms with Crippen LogP contribution < -0.4 is 10.1 Å². The first-order valence-electron chi connectivity index (χ1n) is 6.26. The molecule has 0 atom stereocenters. The van der Waals surface area contributed by atoms with Crippen LogP contribution in [0.3, 0.4) is 0 Å². The summed E-state index contributed by atoms with van der Waals surface area (Å²) in [5.41, 5.74) is 5.14. The van der Waals surface area contributed by atoms with Gasteiger partial charge in [0.1, 0.15) is 5.75 Å². The van der Waals surface area contributed by atoms with E-state index in [1.54, 1.807) is 11.8 Å². The quantitative estimate of drug-likeness (QED) is 0.917. The number of aryl methyl sites for hydroxylation is 3. The lowest BCUT2D eigenvalue weighted by Gasteiger charge is -2.12. The van der Waals surface area contributed by atoms with Crippen LogP contribution in [0.4, 0.5) is 5.69 Å². The fraction of sp³-hybridized carbons (Fsp3) is 0.429.